The highest BCUT2D eigenvalue weighted by atomic mass is 16.5. The van der Waals surface area contributed by atoms with E-state index in [1.807, 2.05) is 19.0 Å². The van der Waals surface area contributed by atoms with E-state index in [9.17, 15) is 4.79 Å². The number of H-pyrrole nitrogens is 1. The molecule has 0 atom stereocenters. The van der Waals surface area contributed by atoms with Crippen LogP contribution in [0.4, 0.5) is 5.69 Å². The van der Waals surface area contributed by atoms with Crippen LogP contribution in [0.5, 0.6) is 0 Å². The van der Waals surface area contributed by atoms with Crippen molar-refractivity contribution in [2.24, 2.45) is 0 Å². The number of aromatic amines is 1. The smallest absolute Gasteiger partial charge is 0.274 e. The van der Waals surface area contributed by atoms with Crippen LogP contribution in [-0.2, 0) is 4.74 Å². The summed E-state index contributed by atoms with van der Waals surface area (Å²) in [5.41, 5.74) is 7.02. The van der Waals surface area contributed by atoms with Gasteiger partial charge in [0.05, 0.1) is 24.6 Å². The number of aryl methyl sites for hydroxylation is 1. The standard InChI is InChI=1S/C11H21N5O2/c1-8-9(12)10(15-14-8)11(17)13-4-6-18-7-5-16(2)3/h4-7,12H2,1-3H3,(H,13,17)(H,14,15). The molecule has 1 aromatic rings. The van der Waals surface area contributed by atoms with E-state index in [0.29, 0.717) is 31.1 Å². The molecule has 0 aromatic carbocycles. The summed E-state index contributed by atoms with van der Waals surface area (Å²) in [7, 11) is 3.96. The van der Waals surface area contributed by atoms with Crippen LogP contribution in [0.3, 0.4) is 0 Å². The fraction of sp³-hybridized carbons (Fsp3) is 0.636. The maximum Gasteiger partial charge on any atom is 0.274 e. The van der Waals surface area contributed by atoms with Crippen LogP contribution in [0.1, 0.15) is 16.2 Å². The van der Waals surface area contributed by atoms with E-state index < -0.39 is 0 Å². The summed E-state index contributed by atoms with van der Waals surface area (Å²) < 4.78 is 5.35. The number of likely N-dealkylation sites (N-methyl/N-ethyl adjacent to an activating group) is 1. The Labute approximate surface area is 107 Å². The van der Waals surface area contributed by atoms with Gasteiger partial charge in [-0.2, -0.15) is 5.10 Å². The van der Waals surface area contributed by atoms with Gasteiger partial charge in [0.2, 0.25) is 0 Å². The first-order valence-corrected chi connectivity index (χ1v) is 5.83. The first kappa shape index (κ1) is 14.5. The molecular formula is C11H21N5O2. The Hall–Kier alpha value is -1.60. The molecule has 7 heteroatoms. The predicted molar refractivity (Wildman–Crippen MR) is 69.4 cm³/mol. The minimum atomic E-state index is -0.284. The van der Waals surface area contributed by atoms with Gasteiger partial charge in [-0.25, -0.2) is 0 Å². The lowest BCUT2D eigenvalue weighted by atomic mass is 10.3. The molecule has 0 fully saturated rings. The lowest BCUT2D eigenvalue weighted by Gasteiger charge is -2.10. The van der Waals surface area contributed by atoms with Crippen molar-refractivity contribution >= 4 is 11.6 Å². The van der Waals surface area contributed by atoms with Crippen LogP contribution in [0.25, 0.3) is 0 Å². The zero-order chi connectivity index (χ0) is 13.5. The average molecular weight is 255 g/mol. The monoisotopic (exact) mass is 255 g/mol. The van der Waals surface area contributed by atoms with Crippen LogP contribution < -0.4 is 11.1 Å². The van der Waals surface area contributed by atoms with Gasteiger partial charge in [-0.15, -0.1) is 0 Å². The summed E-state index contributed by atoms with van der Waals surface area (Å²) in [5, 5.41) is 9.21. The fourth-order valence-electron chi connectivity index (χ4n) is 1.28. The molecule has 1 heterocycles. The molecule has 1 rings (SSSR count). The number of carbonyl (C=O) groups is 1. The molecule has 0 aliphatic rings. The van der Waals surface area contributed by atoms with Crippen molar-refractivity contribution in [2.45, 2.75) is 6.92 Å². The van der Waals surface area contributed by atoms with Crippen molar-refractivity contribution in [3.8, 4) is 0 Å². The average Bonchev–Trinajstić information content (AvgIpc) is 2.64. The van der Waals surface area contributed by atoms with Crippen LogP contribution in [0, 0.1) is 6.92 Å². The number of carbonyl (C=O) groups excluding carboxylic acids is 1. The molecule has 0 unspecified atom stereocenters. The Morgan fingerprint density at radius 3 is 2.78 bits per heavy atom. The number of aromatic nitrogens is 2. The molecule has 0 bridgehead atoms. The number of anilines is 1. The lowest BCUT2D eigenvalue weighted by molar-refractivity contribution is 0.0896. The molecule has 0 spiro atoms. The van der Waals surface area contributed by atoms with Gasteiger partial charge < -0.3 is 20.7 Å². The number of hydrogen-bond donors (Lipinski definition) is 3. The van der Waals surface area contributed by atoms with E-state index in [2.05, 4.69) is 15.5 Å². The summed E-state index contributed by atoms with van der Waals surface area (Å²) >= 11 is 0. The Morgan fingerprint density at radius 1 is 1.50 bits per heavy atom. The number of nitrogens with zero attached hydrogens (tertiary/aromatic N) is 2. The first-order valence-electron chi connectivity index (χ1n) is 5.83. The van der Waals surface area contributed by atoms with Gasteiger partial charge in [-0.1, -0.05) is 0 Å². The van der Waals surface area contributed by atoms with E-state index in [0.717, 1.165) is 6.54 Å². The molecular weight excluding hydrogens is 234 g/mol. The van der Waals surface area contributed by atoms with Gasteiger partial charge >= 0.3 is 0 Å². The molecule has 1 amide bonds. The molecule has 7 nitrogen and oxygen atoms in total. The number of nitrogen functional groups attached to an aromatic ring is 1. The molecule has 0 saturated heterocycles. The Balaban J connectivity index is 2.20. The first-order chi connectivity index (χ1) is 8.52. The van der Waals surface area contributed by atoms with E-state index in [1.54, 1.807) is 6.92 Å². The summed E-state index contributed by atoms with van der Waals surface area (Å²) in [6.07, 6.45) is 0. The summed E-state index contributed by atoms with van der Waals surface area (Å²) in [4.78, 5) is 13.7. The van der Waals surface area contributed by atoms with Gasteiger partial charge in [0, 0.05) is 13.1 Å². The quantitative estimate of drug-likeness (QED) is 0.577. The molecule has 0 aliphatic carbocycles. The Kier molecular flexibility index (Phi) is 5.60. The van der Waals surface area contributed by atoms with Gasteiger partial charge in [0.25, 0.3) is 5.91 Å². The molecule has 0 saturated carbocycles. The second-order valence-electron chi connectivity index (χ2n) is 4.28. The summed E-state index contributed by atoms with van der Waals surface area (Å²) in [6.45, 7) is 4.19. The molecule has 0 aliphatic heterocycles. The third-order valence-electron chi connectivity index (χ3n) is 2.42. The van der Waals surface area contributed by atoms with E-state index >= 15 is 0 Å². The van der Waals surface area contributed by atoms with Crippen molar-refractivity contribution < 1.29 is 9.53 Å². The third-order valence-corrected chi connectivity index (χ3v) is 2.42. The highest BCUT2D eigenvalue weighted by Gasteiger charge is 2.14. The molecule has 4 N–H and O–H groups in total. The van der Waals surface area contributed by atoms with Gasteiger partial charge in [-0.05, 0) is 21.0 Å². The van der Waals surface area contributed by atoms with Crippen LogP contribution in [-0.4, -0.2) is 61.4 Å². The number of rotatable bonds is 7. The van der Waals surface area contributed by atoms with Gasteiger partial charge in [-0.3, -0.25) is 9.89 Å². The zero-order valence-corrected chi connectivity index (χ0v) is 11.1. The van der Waals surface area contributed by atoms with Crippen LogP contribution in [0.2, 0.25) is 0 Å². The predicted octanol–water partition coefficient (Wildman–Crippen LogP) is -0.392. The largest absolute Gasteiger partial charge is 0.395 e. The Morgan fingerprint density at radius 2 is 2.22 bits per heavy atom. The SMILES string of the molecule is Cc1[nH]nc(C(=O)NCCOCCN(C)C)c1N. The topological polar surface area (TPSA) is 96.3 Å². The van der Waals surface area contributed by atoms with E-state index in [-0.39, 0.29) is 11.6 Å². The lowest BCUT2D eigenvalue weighted by Crippen LogP contribution is -2.29. The fourth-order valence-corrected chi connectivity index (χ4v) is 1.28. The van der Waals surface area contributed by atoms with Crippen molar-refractivity contribution in [2.75, 3.05) is 46.1 Å². The second-order valence-corrected chi connectivity index (χ2v) is 4.28. The number of amides is 1. The number of hydrogen-bond acceptors (Lipinski definition) is 5. The van der Waals surface area contributed by atoms with E-state index in [1.165, 1.54) is 0 Å². The van der Waals surface area contributed by atoms with Crippen molar-refractivity contribution in [1.82, 2.24) is 20.4 Å². The summed E-state index contributed by atoms with van der Waals surface area (Å²) in [6, 6.07) is 0. The maximum absolute atomic E-state index is 11.7. The second kappa shape index (κ2) is 6.97. The van der Waals surface area contributed by atoms with E-state index in [4.69, 9.17) is 10.5 Å². The van der Waals surface area contributed by atoms with Crippen molar-refractivity contribution in [3.05, 3.63) is 11.4 Å². The zero-order valence-electron chi connectivity index (χ0n) is 11.1. The summed E-state index contributed by atoms with van der Waals surface area (Å²) in [5.74, 6) is -0.284. The molecule has 102 valence electrons. The highest BCUT2D eigenvalue weighted by Crippen LogP contribution is 2.11. The molecule has 18 heavy (non-hydrogen) atoms. The number of ether oxygens (including phenoxy) is 1. The van der Waals surface area contributed by atoms with Crippen LogP contribution in [0.15, 0.2) is 0 Å². The molecule has 1 aromatic heterocycles. The number of nitrogens with one attached hydrogen (secondary N) is 2. The van der Waals surface area contributed by atoms with Crippen molar-refractivity contribution in [1.29, 1.82) is 0 Å². The van der Waals surface area contributed by atoms with Gasteiger partial charge in [0.1, 0.15) is 0 Å². The maximum atomic E-state index is 11.7. The normalized spacial score (nSPS) is 10.9. The Bertz CT molecular complexity index is 389. The van der Waals surface area contributed by atoms with Crippen molar-refractivity contribution in [3.63, 3.8) is 0 Å². The minimum Gasteiger partial charge on any atom is -0.395 e. The molecule has 0 radical (unpaired) electrons. The van der Waals surface area contributed by atoms with Crippen LogP contribution >= 0.6 is 0 Å². The minimum absolute atomic E-state index is 0.237. The highest BCUT2D eigenvalue weighted by molar-refractivity contribution is 5.97. The number of nitrogens with two attached hydrogens (primary N) is 1. The third kappa shape index (κ3) is 4.34. The van der Waals surface area contributed by atoms with Gasteiger partial charge in [0.15, 0.2) is 5.69 Å².